The topological polar surface area (TPSA) is 68.7 Å². The third-order valence-corrected chi connectivity index (χ3v) is 4.24. The van der Waals surface area contributed by atoms with E-state index < -0.39 is 12.1 Å². The zero-order valence-corrected chi connectivity index (χ0v) is 15.7. The van der Waals surface area contributed by atoms with Crippen molar-refractivity contribution >= 4 is 22.9 Å². The van der Waals surface area contributed by atoms with E-state index in [1.54, 1.807) is 6.92 Å². The molecule has 28 heavy (non-hydrogen) atoms. The van der Waals surface area contributed by atoms with Gasteiger partial charge in [-0.15, -0.1) is 0 Å². The summed E-state index contributed by atoms with van der Waals surface area (Å²) in [5, 5.41) is 10.3. The second kappa shape index (κ2) is 9.67. The summed E-state index contributed by atoms with van der Waals surface area (Å²) in [5.74, 6) is -0.224. The molecule has 0 bridgehead atoms. The van der Waals surface area contributed by atoms with Gasteiger partial charge < -0.3 is 14.6 Å². The number of carbonyl (C=O) groups is 1. The number of pyridine rings is 1. The number of fused-ring (bicyclic) bond motifs is 1. The van der Waals surface area contributed by atoms with Gasteiger partial charge in [0.2, 0.25) is 0 Å². The molecule has 0 amide bonds. The summed E-state index contributed by atoms with van der Waals surface area (Å²) in [4.78, 5) is 15.7. The minimum Gasteiger partial charge on any atom is -0.490 e. The summed E-state index contributed by atoms with van der Waals surface area (Å²) in [7, 11) is 0. The highest BCUT2D eigenvalue weighted by molar-refractivity contribution is 5.79. The minimum atomic E-state index is -0.949. The van der Waals surface area contributed by atoms with Crippen LogP contribution in [-0.4, -0.2) is 35.4 Å². The van der Waals surface area contributed by atoms with Crippen molar-refractivity contribution < 1.29 is 19.4 Å². The van der Waals surface area contributed by atoms with Crippen molar-refractivity contribution in [1.29, 1.82) is 0 Å². The average Bonchev–Trinajstić information content (AvgIpc) is 2.72. The molecule has 2 aromatic carbocycles. The van der Waals surface area contributed by atoms with Gasteiger partial charge in [0.25, 0.3) is 0 Å². The number of para-hydroxylation sites is 1. The lowest BCUT2D eigenvalue weighted by atomic mass is 10.1. The van der Waals surface area contributed by atoms with E-state index in [1.165, 1.54) is 0 Å². The van der Waals surface area contributed by atoms with E-state index in [4.69, 9.17) is 14.6 Å². The van der Waals surface area contributed by atoms with Crippen LogP contribution < -0.4 is 4.74 Å². The standard InChI is InChI=1S/C23H23NO4/c1-2-27-22(23(25)26)16-17-9-13-20(14-10-17)28-15-5-7-19-12-11-18-6-3-4-8-21(18)24-19/h3-14,22H,2,15-16H2,1H3,(H,25,26). The third kappa shape index (κ3) is 5.41. The van der Waals surface area contributed by atoms with E-state index in [9.17, 15) is 4.79 Å². The number of aliphatic carboxylic acids is 1. The maximum Gasteiger partial charge on any atom is 0.333 e. The fourth-order valence-corrected chi connectivity index (χ4v) is 2.84. The van der Waals surface area contributed by atoms with Crippen LogP contribution in [0.1, 0.15) is 18.2 Å². The van der Waals surface area contributed by atoms with Gasteiger partial charge in [0.15, 0.2) is 6.10 Å². The van der Waals surface area contributed by atoms with E-state index >= 15 is 0 Å². The molecule has 5 heteroatoms. The number of carboxylic acids is 1. The van der Waals surface area contributed by atoms with E-state index in [-0.39, 0.29) is 0 Å². The smallest absolute Gasteiger partial charge is 0.333 e. The van der Waals surface area contributed by atoms with Crippen molar-refractivity contribution in [3.05, 3.63) is 78.0 Å². The molecule has 1 unspecified atom stereocenters. The van der Waals surface area contributed by atoms with Crippen LogP contribution in [-0.2, 0) is 16.0 Å². The molecular formula is C23H23NO4. The number of aromatic nitrogens is 1. The SMILES string of the molecule is CCOC(Cc1ccc(OCC=Cc2ccc3ccccc3n2)cc1)C(=O)O. The fraction of sp³-hybridized carbons (Fsp3) is 0.217. The van der Waals surface area contributed by atoms with Crippen molar-refractivity contribution in [2.45, 2.75) is 19.4 Å². The molecule has 1 aromatic heterocycles. The molecule has 3 aromatic rings. The van der Waals surface area contributed by atoms with Crippen molar-refractivity contribution in [2.24, 2.45) is 0 Å². The second-order valence-electron chi connectivity index (χ2n) is 6.27. The Morgan fingerprint density at radius 2 is 1.89 bits per heavy atom. The molecule has 0 aliphatic rings. The first-order valence-corrected chi connectivity index (χ1v) is 9.24. The van der Waals surface area contributed by atoms with E-state index in [0.29, 0.717) is 19.6 Å². The van der Waals surface area contributed by atoms with Crippen molar-refractivity contribution in [1.82, 2.24) is 4.98 Å². The van der Waals surface area contributed by atoms with Crippen LogP contribution in [0.4, 0.5) is 0 Å². The number of rotatable bonds is 9. The van der Waals surface area contributed by atoms with Crippen LogP contribution in [0.25, 0.3) is 17.0 Å². The Labute approximate surface area is 164 Å². The molecule has 1 atom stereocenters. The first kappa shape index (κ1) is 19.6. The zero-order valence-electron chi connectivity index (χ0n) is 15.7. The maximum atomic E-state index is 11.2. The van der Waals surface area contributed by atoms with Crippen LogP contribution in [0.2, 0.25) is 0 Å². The Balaban J connectivity index is 1.52. The Kier molecular flexibility index (Phi) is 6.76. The highest BCUT2D eigenvalue weighted by Crippen LogP contribution is 2.15. The van der Waals surface area contributed by atoms with Gasteiger partial charge in [0.05, 0.1) is 11.2 Å². The lowest BCUT2D eigenvalue weighted by molar-refractivity contribution is -0.149. The fourth-order valence-electron chi connectivity index (χ4n) is 2.84. The van der Waals surface area contributed by atoms with Crippen molar-refractivity contribution in [2.75, 3.05) is 13.2 Å². The predicted molar refractivity (Wildman–Crippen MR) is 109 cm³/mol. The number of nitrogens with zero attached hydrogens (tertiary/aromatic N) is 1. The number of ether oxygens (including phenoxy) is 2. The van der Waals surface area contributed by atoms with Gasteiger partial charge in [-0.1, -0.05) is 36.4 Å². The zero-order chi connectivity index (χ0) is 19.8. The van der Waals surface area contributed by atoms with Crippen LogP contribution in [0, 0.1) is 0 Å². The normalized spacial score (nSPS) is 12.3. The third-order valence-electron chi connectivity index (χ3n) is 4.24. The molecule has 3 rings (SSSR count). The molecule has 0 aliphatic heterocycles. The molecule has 0 radical (unpaired) electrons. The quantitative estimate of drug-likeness (QED) is 0.600. The Morgan fingerprint density at radius 3 is 2.64 bits per heavy atom. The number of hydrogen-bond donors (Lipinski definition) is 1. The van der Waals surface area contributed by atoms with Gasteiger partial charge in [0, 0.05) is 18.4 Å². The predicted octanol–water partition coefficient (Wildman–Crippen LogP) is 4.36. The average molecular weight is 377 g/mol. The van der Waals surface area contributed by atoms with Gasteiger partial charge in [0.1, 0.15) is 12.4 Å². The minimum absolute atomic E-state index is 0.330. The molecule has 5 nitrogen and oxygen atoms in total. The summed E-state index contributed by atoms with van der Waals surface area (Å²) in [5.41, 5.74) is 2.74. The summed E-state index contributed by atoms with van der Waals surface area (Å²) in [6.45, 7) is 2.58. The second-order valence-corrected chi connectivity index (χ2v) is 6.27. The Morgan fingerprint density at radius 1 is 1.11 bits per heavy atom. The molecule has 0 spiro atoms. The van der Waals surface area contributed by atoms with Crippen molar-refractivity contribution in [3.8, 4) is 5.75 Å². The van der Waals surface area contributed by atoms with Crippen LogP contribution >= 0.6 is 0 Å². The Bertz CT molecular complexity index is 950. The molecule has 144 valence electrons. The van der Waals surface area contributed by atoms with Gasteiger partial charge >= 0.3 is 5.97 Å². The van der Waals surface area contributed by atoms with E-state index in [1.807, 2.05) is 72.8 Å². The maximum absolute atomic E-state index is 11.2. The molecule has 1 heterocycles. The van der Waals surface area contributed by atoms with Gasteiger partial charge in [-0.3, -0.25) is 0 Å². The summed E-state index contributed by atoms with van der Waals surface area (Å²) in [6.07, 6.45) is 3.35. The van der Waals surface area contributed by atoms with Gasteiger partial charge in [-0.2, -0.15) is 0 Å². The van der Waals surface area contributed by atoms with Crippen LogP contribution in [0.3, 0.4) is 0 Å². The van der Waals surface area contributed by atoms with E-state index in [0.717, 1.165) is 27.9 Å². The number of benzene rings is 2. The van der Waals surface area contributed by atoms with Gasteiger partial charge in [-0.25, -0.2) is 9.78 Å². The van der Waals surface area contributed by atoms with Crippen molar-refractivity contribution in [3.63, 3.8) is 0 Å². The number of hydrogen-bond acceptors (Lipinski definition) is 4. The molecule has 1 N–H and O–H groups in total. The monoisotopic (exact) mass is 377 g/mol. The highest BCUT2D eigenvalue weighted by atomic mass is 16.5. The molecule has 0 saturated carbocycles. The van der Waals surface area contributed by atoms with E-state index in [2.05, 4.69) is 4.98 Å². The first-order chi connectivity index (χ1) is 13.7. The van der Waals surface area contributed by atoms with Crippen LogP contribution in [0.5, 0.6) is 5.75 Å². The molecule has 0 fully saturated rings. The molecule has 0 saturated heterocycles. The highest BCUT2D eigenvalue weighted by Gasteiger charge is 2.17. The summed E-state index contributed by atoms with van der Waals surface area (Å²) >= 11 is 0. The molecular weight excluding hydrogens is 354 g/mol. The number of carboxylic acid groups (broad SMARTS) is 1. The van der Waals surface area contributed by atoms with Crippen LogP contribution in [0.15, 0.2) is 66.7 Å². The lowest BCUT2D eigenvalue weighted by Crippen LogP contribution is -2.26. The summed E-state index contributed by atoms with van der Waals surface area (Å²) < 4.78 is 10.9. The summed E-state index contributed by atoms with van der Waals surface area (Å²) in [6, 6.07) is 19.4. The molecule has 0 aliphatic carbocycles. The largest absolute Gasteiger partial charge is 0.490 e. The lowest BCUT2D eigenvalue weighted by Gasteiger charge is -2.12. The Hall–Kier alpha value is -3.18. The first-order valence-electron chi connectivity index (χ1n) is 9.24. The van der Waals surface area contributed by atoms with Gasteiger partial charge in [-0.05, 0) is 48.9 Å².